The number of aromatic nitrogens is 1. The fourth-order valence-electron chi connectivity index (χ4n) is 5.32. The summed E-state index contributed by atoms with van der Waals surface area (Å²) in [6.45, 7) is 3.58. The molecule has 0 radical (unpaired) electrons. The van der Waals surface area contributed by atoms with Crippen LogP contribution in [0.25, 0.3) is 28.2 Å². The maximum atomic E-state index is 14.0. The van der Waals surface area contributed by atoms with E-state index in [-0.39, 0.29) is 45.0 Å². The molecule has 2 aromatic heterocycles. The van der Waals surface area contributed by atoms with Crippen molar-refractivity contribution in [2.24, 2.45) is 4.99 Å². The number of furan rings is 1. The highest BCUT2D eigenvalue weighted by Crippen LogP contribution is 2.35. The largest absolute Gasteiger partial charge is 0.478 e. The fourth-order valence-corrected chi connectivity index (χ4v) is 6.34. The lowest BCUT2D eigenvalue weighted by Gasteiger charge is -2.25. The molecule has 0 fully saturated rings. The van der Waals surface area contributed by atoms with E-state index in [1.165, 1.54) is 28.8 Å². The number of esters is 1. The number of fused-ring (bicyclic) bond motifs is 2. The van der Waals surface area contributed by atoms with E-state index < -0.39 is 28.5 Å². The lowest BCUT2D eigenvalue weighted by molar-refractivity contribution is -0.384. The highest BCUT2D eigenvalue weighted by Gasteiger charge is 2.34. The van der Waals surface area contributed by atoms with Crippen LogP contribution in [0.5, 0.6) is 0 Å². The van der Waals surface area contributed by atoms with Gasteiger partial charge in [-0.1, -0.05) is 53.8 Å². The van der Waals surface area contributed by atoms with Gasteiger partial charge in [0, 0.05) is 23.8 Å². The minimum Gasteiger partial charge on any atom is -0.478 e. The van der Waals surface area contributed by atoms with Crippen molar-refractivity contribution in [1.29, 1.82) is 0 Å². The van der Waals surface area contributed by atoms with Crippen molar-refractivity contribution in [3.05, 3.63) is 131 Å². The zero-order valence-corrected chi connectivity index (χ0v) is 24.2. The van der Waals surface area contributed by atoms with Gasteiger partial charge in [0.05, 0.1) is 38.9 Å². The average Bonchev–Trinajstić information content (AvgIpc) is 3.59. The van der Waals surface area contributed by atoms with Crippen molar-refractivity contribution in [2.75, 3.05) is 6.61 Å². The molecule has 0 spiro atoms. The summed E-state index contributed by atoms with van der Waals surface area (Å²) in [5, 5.41) is 22.6. The monoisotopic (exact) mass is 609 g/mol. The number of hydrogen-bond acceptors (Lipinski definition) is 9. The molecule has 1 atom stereocenters. The molecule has 12 heteroatoms. The molecule has 6 rings (SSSR count). The predicted octanol–water partition coefficient (Wildman–Crippen LogP) is 4.82. The Morgan fingerprint density at radius 1 is 1.14 bits per heavy atom. The van der Waals surface area contributed by atoms with Crippen LogP contribution in [0.3, 0.4) is 0 Å². The predicted molar refractivity (Wildman–Crippen MR) is 162 cm³/mol. The van der Waals surface area contributed by atoms with Crippen LogP contribution in [-0.4, -0.2) is 33.1 Å². The number of non-ortho nitro benzene ring substituents is 1. The molecule has 0 aliphatic carbocycles. The van der Waals surface area contributed by atoms with E-state index in [4.69, 9.17) is 9.15 Å². The van der Waals surface area contributed by atoms with Crippen molar-refractivity contribution in [3.8, 4) is 11.3 Å². The SMILES string of the molecule is CCOC(=O)C1=C(C)N=c2s/c(=C/c3ccc(-c4ccc([N+](=O)[O-])cc4C(=O)O)o3)c(=O)n2[C@@H]1c1cccc2ccccc12. The highest BCUT2D eigenvalue weighted by molar-refractivity contribution is 7.07. The number of thiazole rings is 1. The summed E-state index contributed by atoms with van der Waals surface area (Å²) < 4.78 is 13.0. The van der Waals surface area contributed by atoms with E-state index >= 15 is 0 Å². The highest BCUT2D eigenvalue weighted by atomic mass is 32.1. The van der Waals surface area contributed by atoms with Gasteiger partial charge in [-0.3, -0.25) is 19.5 Å². The topological polar surface area (TPSA) is 154 Å². The molecule has 11 nitrogen and oxygen atoms in total. The maximum absolute atomic E-state index is 14.0. The van der Waals surface area contributed by atoms with Gasteiger partial charge in [0.15, 0.2) is 4.80 Å². The molecule has 1 N–H and O–H groups in total. The van der Waals surface area contributed by atoms with Crippen molar-refractivity contribution in [2.45, 2.75) is 19.9 Å². The number of carbonyl (C=O) groups excluding carboxylic acids is 1. The number of nitro groups is 1. The summed E-state index contributed by atoms with van der Waals surface area (Å²) >= 11 is 1.12. The van der Waals surface area contributed by atoms with Crippen LogP contribution in [0.15, 0.2) is 98.3 Å². The third kappa shape index (κ3) is 4.90. The molecule has 0 amide bonds. The Morgan fingerprint density at radius 2 is 1.91 bits per heavy atom. The Morgan fingerprint density at radius 3 is 2.66 bits per heavy atom. The third-order valence-electron chi connectivity index (χ3n) is 7.24. The Labute approximate surface area is 252 Å². The Hall–Kier alpha value is -5.62. The Bertz CT molecular complexity index is 2220. The molecule has 0 saturated heterocycles. The summed E-state index contributed by atoms with van der Waals surface area (Å²) in [6, 6.07) is 19.2. The van der Waals surface area contributed by atoms with E-state index in [1.54, 1.807) is 19.9 Å². The van der Waals surface area contributed by atoms with Gasteiger partial charge < -0.3 is 14.3 Å². The van der Waals surface area contributed by atoms with Gasteiger partial charge in [-0.2, -0.15) is 0 Å². The molecular formula is C32H23N3O8S. The molecule has 220 valence electrons. The van der Waals surface area contributed by atoms with Crippen LogP contribution in [0.1, 0.15) is 41.6 Å². The van der Waals surface area contributed by atoms with Crippen molar-refractivity contribution in [3.63, 3.8) is 0 Å². The number of nitro benzene ring substituents is 1. The van der Waals surface area contributed by atoms with Crippen LogP contribution in [0, 0.1) is 10.1 Å². The van der Waals surface area contributed by atoms with Crippen LogP contribution < -0.4 is 14.9 Å². The summed E-state index contributed by atoms with van der Waals surface area (Å²) in [5.74, 6) is -1.50. The van der Waals surface area contributed by atoms with Gasteiger partial charge in [-0.15, -0.1) is 0 Å². The zero-order valence-electron chi connectivity index (χ0n) is 23.3. The number of benzene rings is 3. The fraction of sp³-hybridized carbons (Fsp3) is 0.125. The van der Waals surface area contributed by atoms with E-state index in [1.807, 2.05) is 42.5 Å². The summed E-state index contributed by atoms with van der Waals surface area (Å²) in [4.78, 5) is 54.6. The van der Waals surface area contributed by atoms with Crippen LogP contribution in [0.4, 0.5) is 5.69 Å². The number of carboxylic acid groups (broad SMARTS) is 1. The zero-order chi connectivity index (χ0) is 31.1. The number of rotatable bonds is 7. The standard InChI is InChI=1S/C32H23N3O8S/c1-3-42-31(39)27-17(2)33-32-34(28(27)23-10-6-8-18-7-4-5-9-21(18)23)29(36)26(44-32)16-20-12-14-25(43-20)22-13-11-19(35(40)41)15-24(22)30(37)38/h4-16,28H,3H2,1-2H3,(H,37,38)/b26-16+/t28-/m1/s1. The van der Waals surface area contributed by atoms with Crippen molar-refractivity contribution < 1.29 is 28.8 Å². The second-order valence-electron chi connectivity index (χ2n) is 9.86. The summed E-state index contributed by atoms with van der Waals surface area (Å²) in [5.41, 5.74) is 0.535. The molecular weight excluding hydrogens is 586 g/mol. The number of allylic oxidation sites excluding steroid dienone is 1. The molecule has 1 aliphatic heterocycles. The van der Waals surface area contributed by atoms with Gasteiger partial charge in [-0.25, -0.2) is 14.6 Å². The van der Waals surface area contributed by atoms with E-state index in [2.05, 4.69) is 4.99 Å². The molecule has 5 aromatic rings. The van der Waals surface area contributed by atoms with Crippen LogP contribution in [-0.2, 0) is 9.53 Å². The molecule has 3 heterocycles. The number of ether oxygens (including phenoxy) is 1. The van der Waals surface area contributed by atoms with Crippen molar-refractivity contribution >= 4 is 45.8 Å². The second-order valence-corrected chi connectivity index (χ2v) is 10.9. The van der Waals surface area contributed by atoms with Gasteiger partial charge in [0.2, 0.25) is 0 Å². The molecule has 0 unspecified atom stereocenters. The van der Waals surface area contributed by atoms with E-state index in [0.29, 0.717) is 10.5 Å². The van der Waals surface area contributed by atoms with Gasteiger partial charge >= 0.3 is 11.9 Å². The minimum atomic E-state index is -1.35. The second kappa shape index (κ2) is 11.2. The molecule has 0 bridgehead atoms. The Kier molecular flexibility index (Phi) is 7.27. The normalized spacial score (nSPS) is 14.8. The van der Waals surface area contributed by atoms with Crippen LogP contribution >= 0.6 is 11.3 Å². The van der Waals surface area contributed by atoms with Gasteiger partial charge in [0.25, 0.3) is 11.2 Å². The first-order chi connectivity index (χ1) is 21.2. The summed E-state index contributed by atoms with van der Waals surface area (Å²) in [6.07, 6.45) is 1.52. The maximum Gasteiger partial charge on any atom is 0.338 e. The lowest BCUT2D eigenvalue weighted by Crippen LogP contribution is -2.40. The quantitative estimate of drug-likeness (QED) is 0.157. The number of nitrogens with zero attached hydrogens (tertiary/aromatic N) is 3. The number of carbonyl (C=O) groups is 2. The number of carboxylic acids is 1. The first-order valence-electron chi connectivity index (χ1n) is 13.5. The average molecular weight is 610 g/mol. The minimum absolute atomic E-state index is 0.148. The first-order valence-corrected chi connectivity index (χ1v) is 14.3. The van der Waals surface area contributed by atoms with Crippen LogP contribution in [0.2, 0.25) is 0 Å². The Balaban J connectivity index is 1.50. The third-order valence-corrected chi connectivity index (χ3v) is 8.23. The van der Waals surface area contributed by atoms with E-state index in [9.17, 15) is 29.6 Å². The molecule has 3 aromatic carbocycles. The van der Waals surface area contributed by atoms with Gasteiger partial charge in [0.1, 0.15) is 11.5 Å². The van der Waals surface area contributed by atoms with E-state index in [0.717, 1.165) is 33.7 Å². The number of aromatic carboxylic acids is 1. The number of hydrogen-bond donors (Lipinski definition) is 1. The lowest BCUT2D eigenvalue weighted by atomic mass is 9.91. The van der Waals surface area contributed by atoms with Crippen molar-refractivity contribution in [1.82, 2.24) is 4.57 Å². The summed E-state index contributed by atoms with van der Waals surface area (Å²) in [7, 11) is 0. The molecule has 44 heavy (non-hydrogen) atoms. The van der Waals surface area contributed by atoms with Gasteiger partial charge in [-0.05, 0) is 48.4 Å². The smallest absolute Gasteiger partial charge is 0.338 e. The molecule has 0 saturated carbocycles. The molecule has 1 aliphatic rings. The first kappa shape index (κ1) is 28.5.